The zero-order valence-electron chi connectivity index (χ0n) is 9.84. The first-order valence-corrected chi connectivity index (χ1v) is 5.47. The molecule has 0 aliphatic rings. The topological polar surface area (TPSA) is 57.3 Å². The molecule has 0 radical (unpaired) electrons. The van der Waals surface area contributed by atoms with Crippen LogP contribution in [0.1, 0.15) is 13.3 Å². The number of rotatable bonds is 4. The van der Waals surface area contributed by atoms with E-state index in [2.05, 4.69) is 9.68 Å². The van der Waals surface area contributed by atoms with Gasteiger partial charge in [0.2, 0.25) is 0 Å². The minimum Gasteiger partial charge on any atom is -0.497 e. The second-order valence-corrected chi connectivity index (χ2v) is 3.65. The summed E-state index contributed by atoms with van der Waals surface area (Å²) in [4.78, 5) is 11.4. The quantitative estimate of drug-likeness (QED) is 0.811. The minimum atomic E-state index is -0.419. The lowest BCUT2D eigenvalue weighted by Gasteiger charge is -2.03. The monoisotopic (exact) mass is 234 g/mol. The number of aromatic nitrogens is 2. The Labute approximate surface area is 98.6 Å². The summed E-state index contributed by atoms with van der Waals surface area (Å²) in [6, 6.07) is 7.35. The first kappa shape index (κ1) is 11.4. The highest BCUT2D eigenvalue weighted by atomic mass is 16.5. The number of hydrogen-bond acceptors (Lipinski definition) is 4. The van der Waals surface area contributed by atoms with E-state index in [4.69, 9.17) is 4.74 Å². The average Bonchev–Trinajstić information content (AvgIpc) is 2.72. The summed E-state index contributed by atoms with van der Waals surface area (Å²) in [5, 5.41) is 3.79. The highest BCUT2D eigenvalue weighted by molar-refractivity contribution is 5.55. The van der Waals surface area contributed by atoms with Gasteiger partial charge in [0.25, 0.3) is 0 Å². The molecule has 0 atom stereocenters. The van der Waals surface area contributed by atoms with Crippen LogP contribution >= 0.6 is 0 Å². The largest absolute Gasteiger partial charge is 0.497 e. The molecule has 0 bridgehead atoms. The van der Waals surface area contributed by atoms with Gasteiger partial charge in [0.15, 0.2) is 5.82 Å². The molecule has 90 valence electrons. The molecule has 2 aromatic rings. The third kappa shape index (κ3) is 2.22. The second kappa shape index (κ2) is 4.86. The molecule has 1 aromatic carbocycles. The van der Waals surface area contributed by atoms with E-state index in [0.717, 1.165) is 17.7 Å². The smallest absolute Gasteiger partial charge is 0.441 e. The van der Waals surface area contributed by atoms with Crippen LogP contribution in [0.5, 0.6) is 5.75 Å². The molecule has 0 saturated carbocycles. The molecule has 17 heavy (non-hydrogen) atoms. The number of benzene rings is 1. The number of nitrogens with zero attached hydrogens (tertiary/aromatic N) is 2. The van der Waals surface area contributed by atoms with Gasteiger partial charge in [0.1, 0.15) is 5.75 Å². The Morgan fingerprint density at radius 3 is 2.65 bits per heavy atom. The van der Waals surface area contributed by atoms with Crippen LogP contribution in [0.3, 0.4) is 0 Å². The molecule has 0 unspecified atom stereocenters. The van der Waals surface area contributed by atoms with Crippen LogP contribution in [0, 0.1) is 0 Å². The van der Waals surface area contributed by atoms with Gasteiger partial charge in [0, 0.05) is 12.1 Å². The highest BCUT2D eigenvalue weighted by Crippen LogP contribution is 2.19. The fourth-order valence-electron chi connectivity index (χ4n) is 1.64. The maximum absolute atomic E-state index is 11.4. The predicted octanol–water partition coefficient (Wildman–Crippen LogP) is 1.92. The molecule has 0 spiro atoms. The number of methoxy groups -OCH3 is 1. The van der Waals surface area contributed by atoms with Crippen molar-refractivity contribution in [3.05, 3.63) is 34.8 Å². The maximum Gasteiger partial charge on any atom is 0.441 e. The van der Waals surface area contributed by atoms with E-state index in [9.17, 15) is 4.79 Å². The molecular formula is C12H14N2O3. The minimum absolute atomic E-state index is 0.419. The van der Waals surface area contributed by atoms with E-state index in [1.54, 1.807) is 7.11 Å². The lowest BCUT2D eigenvalue weighted by Crippen LogP contribution is -2.15. The SMILES string of the molecule is CCCn1c(-c2ccc(OC)cc2)noc1=O. The van der Waals surface area contributed by atoms with E-state index in [-0.39, 0.29) is 0 Å². The molecule has 1 heterocycles. The van der Waals surface area contributed by atoms with Crippen molar-refractivity contribution >= 4 is 0 Å². The summed E-state index contributed by atoms with van der Waals surface area (Å²) in [7, 11) is 1.61. The van der Waals surface area contributed by atoms with Crippen molar-refractivity contribution in [1.29, 1.82) is 0 Å². The van der Waals surface area contributed by atoms with E-state index >= 15 is 0 Å². The molecule has 5 heteroatoms. The Balaban J connectivity index is 2.41. The zero-order valence-corrected chi connectivity index (χ0v) is 9.84. The van der Waals surface area contributed by atoms with Crippen molar-refractivity contribution in [2.24, 2.45) is 0 Å². The van der Waals surface area contributed by atoms with Gasteiger partial charge in [-0.25, -0.2) is 4.79 Å². The molecule has 2 rings (SSSR count). The predicted molar refractivity (Wildman–Crippen MR) is 63.0 cm³/mol. The third-order valence-corrected chi connectivity index (χ3v) is 2.48. The Kier molecular flexibility index (Phi) is 3.27. The molecule has 1 aromatic heterocycles. The van der Waals surface area contributed by atoms with Gasteiger partial charge in [-0.05, 0) is 30.7 Å². The Bertz CT molecular complexity index is 540. The fraction of sp³-hybridized carbons (Fsp3) is 0.333. The molecule has 0 fully saturated rings. The summed E-state index contributed by atoms with van der Waals surface area (Å²) in [5.41, 5.74) is 0.838. The lowest BCUT2D eigenvalue weighted by molar-refractivity contribution is 0.375. The Morgan fingerprint density at radius 2 is 2.06 bits per heavy atom. The van der Waals surface area contributed by atoms with Crippen molar-refractivity contribution in [3.8, 4) is 17.1 Å². The van der Waals surface area contributed by atoms with E-state index in [0.29, 0.717) is 12.4 Å². The van der Waals surface area contributed by atoms with Crippen LogP contribution < -0.4 is 10.5 Å². The van der Waals surface area contributed by atoms with E-state index in [1.165, 1.54) is 4.57 Å². The van der Waals surface area contributed by atoms with Gasteiger partial charge in [-0.3, -0.25) is 9.09 Å². The van der Waals surface area contributed by atoms with Crippen LogP contribution in [0.25, 0.3) is 11.4 Å². The van der Waals surface area contributed by atoms with Crippen LogP contribution in [0.2, 0.25) is 0 Å². The van der Waals surface area contributed by atoms with Crippen LogP contribution in [0.4, 0.5) is 0 Å². The first-order chi connectivity index (χ1) is 8.26. The van der Waals surface area contributed by atoms with Gasteiger partial charge in [-0.2, -0.15) is 0 Å². The van der Waals surface area contributed by atoms with Crippen molar-refractivity contribution in [2.75, 3.05) is 7.11 Å². The fourth-order valence-corrected chi connectivity index (χ4v) is 1.64. The molecule has 5 nitrogen and oxygen atoms in total. The van der Waals surface area contributed by atoms with Crippen molar-refractivity contribution in [3.63, 3.8) is 0 Å². The van der Waals surface area contributed by atoms with Gasteiger partial charge >= 0.3 is 5.76 Å². The molecular weight excluding hydrogens is 220 g/mol. The first-order valence-electron chi connectivity index (χ1n) is 5.47. The lowest BCUT2D eigenvalue weighted by atomic mass is 10.2. The molecule has 0 amide bonds. The summed E-state index contributed by atoms with van der Waals surface area (Å²) >= 11 is 0. The van der Waals surface area contributed by atoms with Crippen LogP contribution in [-0.2, 0) is 6.54 Å². The Hall–Kier alpha value is -2.04. The summed E-state index contributed by atoms with van der Waals surface area (Å²) < 4.78 is 11.3. The van der Waals surface area contributed by atoms with E-state index in [1.807, 2.05) is 31.2 Å². The van der Waals surface area contributed by atoms with Crippen molar-refractivity contribution < 1.29 is 9.26 Å². The van der Waals surface area contributed by atoms with Crippen molar-refractivity contribution in [1.82, 2.24) is 9.72 Å². The average molecular weight is 234 g/mol. The second-order valence-electron chi connectivity index (χ2n) is 3.65. The standard InChI is InChI=1S/C12H14N2O3/c1-3-8-14-11(13-17-12(14)15)9-4-6-10(16-2)7-5-9/h4-7H,3,8H2,1-2H3. The third-order valence-electron chi connectivity index (χ3n) is 2.48. The maximum atomic E-state index is 11.4. The highest BCUT2D eigenvalue weighted by Gasteiger charge is 2.11. The van der Waals surface area contributed by atoms with E-state index < -0.39 is 5.76 Å². The number of ether oxygens (including phenoxy) is 1. The van der Waals surface area contributed by atoms with Gasteiger partial charge in [-0.1, -0.05) is 12.1 Å². The van der Waals surface area contributed by atoms with Crippen LogP contribution in [0.15, 0.2) is 33.6 Å². The molecule has 0 aliphatic heterocycles. The summed E-state index contributed by atoms with van der Waals surface area (Å²) in [5.74, 6) is 0.902. The van der Waals surface area contributed by atoms with Crippen molar-refractivity contribution in [2.45, 2.75) is 19.9 Å². The summed E-state index contributed by atoms with van der Waals surface area (Å²) in [6.45, 7) is 2.60. The summed E-state index contributed by atoms with van der Waals surface area (Å²) in [6.07, 6.45) is 0.851. The van der Waals surface area contributed by atoms with Crippen LogP contribution in [-0.4, -0.2) is 16.8 Å². The molecule has 0 N–H and O–H groups in total. The Morgan fingerprint density at radius 1 is 1.35 bits per heavy atom. The van der Waals surface area contributed by atoms with Gasteiger partial charge < -0.3 is 4.74 Å². The normalized spacial score (nSPS) is 10.5. The molecule has 0 saturated heterocycles. The number of hydrogen-bond donors (Lipinski definition) is 0. The molecule has 0 aliphatic carbocycles. The van der Waals surface area contributed by atoms with Gasteiger partial charge in [-0.15, -0.1) is 0 Å². The van der Waals surface area contributed by atoms with Gasteiger partial charge in [0.05, 0.1) is 7.11 Å². The zero-order chi connectivity index (χ0) is 12.3.